The second-order valence-corrected chi connectivity index (χ2v) is 7.49. The van der Waals surface area contributed by atoms with Crippen molar-refractivity contribution in [2.24, 2.45) is 11.8 Å². The summed E-state index contributed by atoms with van der Waals surface area (Å²) in [4.78, 5) is 3.69. The molecule has 0 spiro atoms. The predicted molar refractivity (Wildman–Crippen MR) is 97.2 cm³/mol. The molecule has 2 heteroatoms. The van der Waals surface area contributed by atoms with Crippen molar-refractivity contribution >= 4 is 10.9 Å². The lowest BCUT2D eigenvalue weighted by Gasteiger charge is -2.38. The Morgan fingerprint density at radius 1 is 0.958 bits per heavy atom. The summed E-state index contributed by atoms with van der Waals surface area (Å²) < 4.78 is 0. The van der Waals surface area contributed by atoms with Crippen LogP contribution in [0.15, 0.2) is 54.6 Å². The summed E-state index contributed by atoms with van der Waals surface area (Å²) in [6.45, 7) is 0.277. The molecule has 2 N–H and O–H groups in total. The molecule has 0 aliphatic heterocycles. The highest BCUT2D eigenvalue weighted by Gasteiger charge is 2.46. The third-order valence-corrected chi connectivity index (χ3v) is 6.13. The van der Waals surface area contributed by atoms with E-state index in [2.05, 4.69) is 59.6 Å². The number of aromatic nitrogens is 1. The third kappa shape index (κ3) is 2.13. The number of hydrogen-bond acceptors (Lipinski definition) is 1. The Balaban J connectivity index is 1.69. The summed E-state index contributed by atoms with van der Waals surface area (Å²) in [7, 11) is 0. The Bertz CT molecular complexity index is 862. The Morgan fingerprint density at radius 2 is 1.71 bits per heavy atom. The van der Waals surface area contributed by atoms with E-state index in [1.165, 1.54) is 40.6 Å². The zero-order valence-electron chi connectivity index (χ0n) is 13.8. The first-order chi connectivity index (χ1) is 11.9. The molecule has 0 bridgehead atoms. The van der Waals surface area contributed by atoms with Gasteiger partial charge in [-0.15, -0.1) is 0 Å². The zero-order valence-corrected chi connectivity index (χ0v) is 13.8. The largest absolute Gasteiger partial charge is 0.396 e. The van der Waals surface area contributed by atoms with Crippen molar-refractivity contribution in [2.75, 3.05) is 6.61 Å². The van der Waals surface area contributed by atoms with Crippen LogP contribution in [0, 0.1) is 11.8 Å². The van der Waals surface area contributed by atoms with Crippen LogP contribution in [-0.2, 0) is 6.42 Å². The van der Waals surface area contributed by atoms with Gasteiger partial charge < -0.3 is 10.1 Å². The SMILES string of the molecule is OC[C@@H]1[C@@H](c2ccccc2)Cc2[nH]c3ccccc3c2[C@@H]1C1CC1. The summed E-state index contributed by atoms with van der Waals surface area (Å²) >= 11 is 0. The van der Waals surface area contributed by atoms with Crippen LogP contribution in [0.25, 0.3) is 10.9 Å². The maximum absolute atomic E-state index is 10.3. The van der Waals surface area contributed by atoms with Crippen LogP contribution in [0.4, 0.5) is 0 Å². The van der Waals surface area contributed by atoms with Crippen molar-refractivity contribution in [1.82, 2.24) is 4.98 Å². The van der Waals surface area contributed by atoms with Gasteiger partial charge in [0.05, 0.1) is 0 Å². The molecule has 2 aromatic carbocycles. The van der Waals surface area contributed by atoms with Crippen molar-refractivity contribution in [2.45, 2.75) is 31.1 Å². The number of hydrogen-bond donors (Lipinski definition) is 2. The molecule has 3 atom stereocenters. The zero-order chi connectivity index (χ0) is 16.1. The van der Waals surface area contributed by atoms with E-state index in [1.54, 1.807) is 0 Å². The quantitative estimate of drug-likeness (QED) is 0.727. The van der Waals surface area contributed by atoms with Gasteiger partial charge >= 0.3 is 0 Å². The predicted octanol–water partition coefficient (Wildman–Crippen LogP) is 4.61. The fraction of sp³-hybridized carbons (Fsp3) is 0.364. The molecule has 0 unspecified atom stereocenters. The number of rotatable bonds is 3. The van der Waals surface area contributed by atoms with Gasteiger partial charge in [-0.25, -0.2) is 0 Å². The van der Waals surface area contributed by atoms with E-state index in [1.807, 2.05) is 0 Å². The first-order valence-electron chi connectivity index (χ1n) is 9.12. The van der Waals surface area contributed by atoms with Gasteiger partial charge in [0.1, 0.15) is 0 Å². The van der Waals surface area contributed by atoms with Crippen molar-refractivity contribution in [1.29, 1.82) is 0 Å². The van der Waals surface area contributed by atoms with Crippen LogP contribution in [-0.4, -0.2) is 16.7 Å². The molecule has 2 aliphatic rings. The molecule has 1 saturated carbocycles. The number of aliphatic hydroxyl groups is 1. The van der Waals surface area contributed by atoms with Crippen LogP contribution in [0.1, 0.15) is 41.5 Å². The van der Waals surface area contributed by atoms with Gasteiger partial charge in [0.15, 0.2) is 0 Å². The summed E-state index contributed by atoms with van der Waals surface area (Å²) in [6, 6.07) is 19.4. The lowest BCUT2D eigenvalue weighted by molar-refractivity contribution is 0.161. The van der Waals surface area contributed by atoms with Gasteiger partial charge in [-0.05, 0) is 60.1 Å². The normalized spacial score (nSPS) is 26.5. The molecule has 2 aliphatic carbocycles. The molecular formula is C22H23NO. The van der Waals surface area contributed by atoms with Crippen LogP contribution < -0.4 is 0 Å². The smallest absolute Gasteiger partial charge is 0.0471 e. The Morgan fingerprint density at radius 3 is 2.46 bits per heavy atom. The maximum atomic E-state index is 10.3. The van der Waals surface area contributed by atoms with Crippen molar-refractivity contribution in [3.8, 4) is 0 Å². The highest BCUT2D eigenvalue weighted by Crippen LogP contribution is 2.56. The first-order valence-corrected chi connectivity index (χ1v) is 9.12. The van der Waals surface area contributed by atoms with Gasteiger partial charge in [0, 0.05) is 23.2 Å². The van der Waals surface area contributed by atoms with Gasteiger partial charge in [0.25, 0.3) is 0 Å². The highest BCUT2D eigenvalue weighted by atomic mass is 16.3. The molecule has 0 saturated heterocycles. The molecule has 0 amide bonds. The maximum Gasteiger partial charge on any atom is 0.0471 e. The summed E-state index contributed by atoms with van der Waals surface area (Å²) in [5.41, 5.74) is 5.51. The van der Waals surface area contributed by atoms with E-state index in [-0.39, 0.29) is 6.61 Å². The summed E-state index contributed by atoms with van der Waals surface area (Å²) in [5.74, 6) is 1.96. The number of nitrogens with one attached hydrogen (secondary N) is 1. The molecule has 0 radical (unpaired) electrons. The van der Waals surface area contributed by atoms with E-state index >= 15 is 0 Å². The second-order valence-electron chi connectivity index (χ2n) is 7.49. The van der Waals surface area contributed by atoms with Crippen LogP contribution in [0.2, 0.25) is 0 Å². The van der Waals surface area contributed by atoms with Gasteiger partial charge in [-0.1, -0.05) is 48.5 Å². The summed E-state index contributed by atoms with van der Waals surface area (Å²) in [6.07, 6.45) is 3.62. The van der Waals surface area contributed by atoms with E-state index in [9.17, 15) is 5.11 Å². The number of H-pyrrole nitrogens is 1. The number of aliphatic hydroxyl groups excluding tert-OH is 1. The lowest BCUT2D eigenvalue weighted by atomic mass is 9.66. The fourth-order valence-corrected chi connectivity index (χ4v) is 4.94. The minimum absolute atomic E-state index is 0.277. The molecule has 2 nitrogen and oxygen atoms in total. The Labute approximate surface area is 142 Å². The van der Waals surface area contributed by atoms with Crippen LogP contribution in [0.3, 0.4) is 0 Å². The minimum Gasteiger partial charge on any atom is -0.396 e. The van der Waals surface area contributed by atoms with Crippen molar-refractivity contribution < 1.29 is 5.11 Å². The molecule has 5 rings (SSSR count). The lowest BCUT2D eigenvalue weighted by Crippen LogP contribution is -2.31. The molecule has 3 aromatic rings. The number of fused-ring (bicyclic) bond motifs is 3. The molecule has 122 valence electrons. The average Bonchev–Trinajstić information content (AvgIpc) is 3.41. The summed E-state index contributed by atoms with van der Waals surface area (Å²) in [5, 5.41) is 11.7. The van der Waals surface area contributed by atoms with Gasteiger partial charge in [-0.2, -0.15) is 0 Å². The van der Waals surface area contributed by atoms with Gasteiger partial charge in [0.2, 0.25) is 0 Å². The number of benzene rings is 2. The molecule has 24 heavy (non-hydrogen) atoms. The second kappa shape index (κ2) is 5.49. The topological polar surface area (TPSA) is 36.0 Å². The Kier molecular flexibility index (Phi) is 3.27. The van der Waals surface area contributed by atoms with E-state index in [0.29, 0.717) is 17.8 Å². The van der Waals surface area contributed by atoms with E-state index < -0.39 is 0 Å². The molecule has 1 fully saturated rings. The number of aromatic amines is 1. The van der Waals surface area contributed by atoms with Crippen molar-refractivity contribution in [3.05, 3.63) is 71.4 Å². The fourth-order valence-electron chi connectivity index (χ4n) is 4.94. The minimum atomic E-state index is 0.277. The van der Waals surface area contributed by atoms with E-state index in [0.717, 1.165) is 12.3 Å². The Hall–Kier alpha value is -2.06. The standard InChI is InChI=1S/C22H23NO/c24-13-18-17(14-6-2-1-3-7-14)12-20-22(21(18)15-10-11-15)16-8-4-5-9-19(16)23-20/h1-9,15,17-18,21,23-24H,10-13H2/t17-,18-,21-/m1/s1. The monoisotopic (exact) mass is 317 g/mol. The van der Waals surface area contributed by atoms with Crippen LogP contribution >= 0.6 is 0 Å². The highest BCUT2D eigenvalue weighted by molar-refractivity contribution is 5.85. The van der Waals surface area contributed by atoms with E-state index in [4.69, 9.17) is 0 Å². The average molecular weight is 317 g/mol. The molecule has 1 aromatic heterocycles. The first kappa shape index (κ1) is 14.3. The molecular weight excluding hydrogens is 294 g/mol. The number of para-hydroxylation sites is 1. The van der Waals surface area contributed by atoms with Crippen molar-refractivity contribution in [3.63, 3.8) is 0 Å². The van der Waals surface area contributed by atoms with Crippen LogP contribution in [0.5, 0.6) is 0 Å². The van der Waals surface area contributed by atoms with Gasteiger partial charge in [-0.3, -0.25) is 0 Å². The third-order valence-electron chi connectivity index (χ3n) is 6.13. The molecule has 1 heterocycles.